The van der Waals surface area contributed by atoms with Gasteiger partial charge in [-0.3, -0.25) is 4.79 Å². The zero-order valence-corrected chi connectivity index (χ0v) is 18.8. The van der Waals surface area contributed by atoms with Crippen molar-refractivity contribution in [2.75, 3.05) is 26.8 Å². The number of carbonyl (C=O) groups excluding carboxylic acids is 1. The minimum Gasteiger partial charge on any atom is -0.377 e. The number of ether oxygens (including phenoxy) is 1. The first-order chi connectivity index (χ1) is 14.6. The molecule has 0 atom stereocenters. The maximum Gasteiger partial charge on any atom is 0.243 e. The van der Waals surface area contributed by atoms with Crippen LogP contribution >= 0.6 is 0 Å². The van der Waals surface area contributed by atoms with Crippen LogP contribution in [0.3, 0.4) is 0 Å². The normalized spacial score (nSPS) is 18.1. The average molecular weight is 447 g/mol. The van der Waals surface area contributed by atoms with E-state index in [0.717, 1.165) is 11.1 Å². The number of likely N-dealkylation sites (N-methyl/N-ethyl adjacent to an activating group) is 1. The van der Waals surface area contributed by atoms with Crippen LogP contribution in [0, 0.1) is 11.7 Å². The zero-order chi connectivity index (χ0) is 22.4. The maximum absolute atomic E-state index is 13.5. The number of hydrogen-bond donors (Lipinski definition) is 0. The van der Waals surface area contributed by atoms with E-state index in [9.17, 15) is 17.6 Å². The Morgan fingerprint density at radius 3 is 2.39 bits per heavy atom. The van der Waals surface area contributed by atoms with E-state index in [1.54, 1.807) is 37.4 Å². The highest BCUT2D eigenvalue weighted by molar-refractivity contribution is 7.89. The van der Waals surface area contributed by atoms with Gasteiger partial charge in [0.25, 0.3) is 0 Å². The van der Waals surface area contributed by atoms with E-state index in [1.165, 1.54) is 16.4 Å². The van der Waals surface area contributed by atoms with E-state index < -0.39 is 15.6 Å². The second-order valence-electron chi connectivity index (χ2n) is 8.60. The molecule has 2 aliphatic heterocycles. The number of hydrogen-bond acceptors (Lipinski definition) is 4. The SMILES string of the molecule is CC(C)C(=O)N1CCc2cc(S(=O)(=O)N(C)C3(c4ccc(F)cc4)COC3)ccc2C1. The summed E-state index contributed by atoms with van der Waals surface area (Å²) >= 11 is 0. The predicted molar refractivity (Wildman–Crippen MR) is 114 cm³/mol. The number of sulfonamides is 1. The number of fused-ring (bicyclic) bond motifs is 1. The molecule has 2 aromatic rings. The topological polar surface area (TPSA) is 66.9 Å². The Labute approximate surface area is 182 Å². The molecule has 6 nitrogen and oxygen atoms in total. The lowest BCUT2D eigenvalue weighted by Gasteiger charge is -2.47. The molecule has 2 heterocycles. The summed E-state index contributed by atoms with van der Waals surface area (Å²) in [6.45, 7) is 5.26. The summed E-state index contributed by atoms with van der Waals surface area (Å²) in [6, 6.07) is 11.0. The van der Waals surface area contributed by atoms with Crippen LogP contribution in [-0.2, 0) is 38.1 Å². The third-order valence-electron chi connectivity index (χ3n) is 6.32. The van der Waals surface area contributed by atoms with Gasteiger partial charge in [0, 0.05) is 26.1 Å². The largest absolute Gasteiger partial charge is 0.377 e. The van der Waals surface area contributed by atoms with Crippen molar-refractivity contribution >= 4 is 15.9 Å². The summed E-state index contributed by atoms with van der Waals surface area (Å²) in [4.78, 5) is 14.4. The molecule has 4 rings (SSSR count). The second kappa shape index (κ2) is 8.00. The number of benzene rings is 2. The van der Waals surface area contributed by atoms with E-state index in [4.69, 9.17) is 4.74 Å². The molecule has 0 spiro atoms. The van der Waals surface area contributed by atoms with Crippen molar-refractivity contribution in [1.82, 2.24) is 9.21 Å². The molecule has 0 radical (unpaired) electrons. The summed E-state index contributed by atoms with van der Waals surface area (Å²) in [5.41, 5.74) is 1.76. The quantitative estimate of drug-likeness (QED) is 0.708. The third kappa shape index (κ3) is 3.77. The molecule has 0 unspecified atom stereocenters. The Morgan fingerprint density at radius 1 is 1.13 bits per heavy atom. The molecular formula is C23H27FN2O4S. The Hall–Kier alpha value is -2.29. The summed E-state index contributed by atoms with van der Waals surface area (Å²) < 4.78 is 47.1. The predicted octanol–water partition coefficient (Wildman–Crippen LogP) is 2.91. The van der Waals surface area contributed by atoms with Gasteiger partial charge in [-0.15, -0.1) is 0 Å². The first kappa shape index (κ1) is 21.9. The molecule has 1 saturated heterocycles. The Balaban J connectivity index is 1.62. The van der Waals surface area contributed by atoms with Gasteiger partial charge in [-0.1, -0.05) is 32.0 Å². The smallest absolute Gasteiger partial charge is 0.243 e. The van der Waals surface area contributed by atoms with Crippen molar-refractivity contribution in [3.8, 4) is 0 Å². The number of rotatable bonds is 5. The molecule has 2 aliphatic rings. The van der Waals surface area contributed by atoms with Crippen molar-refractivity contribution in [3.05, 3.63) is 65.0 Å². The van der Waals surface area contributed by atoms with Gasteiger partial charge in [0.05, 0.1) is 18.1 Å². The number of halogens is 1. The number of nitrogens with zero attached hydrogens (tertiary/aromatic N) is 2. The van der Waals surface area contributed by atoms with Crippen LogP contribution < -0.4 is 0 Å². The minimum atomic E-state index is -3.81. The lowest BCUT2D eigenvalue weighted by Crippen LogP contribution is -2.59. The van der Waals surface area contributed by atoms with Crippen LogP contribution in [0.25, 0.3) is 0 Å². The van der Waals surface area contributed by atoms with Crippen molar-refractivity contribution in [3.63, 3.8) is 0 Å². The van der Waals surface area contributed by atoms with Gasteiger partial charge in [-0.25, -0.2) is 12.8 Å². The van der Waals surface area contributed by atoms with Gasteiger partial charge in [0.1, 0.15) is 11.4 Å². The Morgan fingerprint density at radius 2 is 1.81 bits per heavy atom. The molecule has 0 aromatic heterocycles. The zero-order valence-electron chi connectivity index (χ0n) is 18.0. The van der Waals surface area contributed by atoms with Gasteiger partial charge in [0.2, 0.25) is 15.9 Å². The molecule has 166 valence electrons. The monoisotopic (exact) mass is 446 g/mol. The van der Waals surface area contributed by atoms with Crippen LogP contribution in [0.5, 0.6) is 0 Å². The van der Waals surface area contributed by atoms with Crippen LogP contribution in [0.1, 0.15) is 30.5 Å². The molecular weight excluding hydrogens is 419 g/mol. The van der Waals surface area contributed by atoms with E-state index in [1.807, 2.05) is 18.7 Å². The molecule has 2 aromatic carbocycles. The van der Waals surface area contributed by atoms with Gasteiger partial charge in [0.15, 0.2) is 0 Å². The molecule has 0 bridgehead atoms. The fourth-order valence-corrected chi connectivity index (χ4v) is 5.74. The van der Waals surface area contributed by atoms with E-state index in [0.29, 0.717) is 25.1 Å². The maximum atomic E-state index is 13.5. The second-order valence-corrected chi connectivity index (χ2v) is 10.6. The summed E-state index contributed by atoms with van der Waals surface area (Å²) in [6.07, 6.45) is 0.618. The Kier molecular flexibility index (Phi) is 5.66. The van der Waals surface area contributed by atoms with Crippen LogP contribution in [0.15, 0.2) is 47.4 Å². The lowest BCUT2D eigenvalue weighted by atomic mass is 9.88. The van der Waals surface area contributed by atoms with E-state index >= 15 is 0 Å². The Bertz CT molecular complexity index is 1100. The number of carbonyl (C=O) groups is 1. The van der Waals surface area contributed by atoms with Crippen molar-refractivity contribution in [1.29, 1.82) is 0 Å². The first-order valence-electron chi connectivity index (χ1n) is 10.4. The fourth-order valence-electron chi connectivity index (χ4n) is 4.22. The van der Waals surface area contributed by atoms with Gasteiger partial charge in [-0.2, -0.15) is 4.31 Å². The fraction of sp³-hybridized carbons (Fsp3) is 0.435. The highest BCUT2D eigenvalue weighted by Crippen LogP contribution is 2.39. The summed E-state index contributed by atoms with van der Waals surface area (Å²) in [5.74, 6) is -0.333. The minimum absolute atomic E-state index is 0.0674. The van der Waals surface area contributed by atoms with Crippen LogP contribution in [0.2, 0.25) is 0 Å². The number of amides is 1. The van der Waals surface area contributed by atoms with E-state index in [-0.39, 0.29) is 35.8 Å². The molecule has 0 aliphatic carbocycles. The highest BCUT2D eigenvalue weighted by atomic mass is 32.2. The molecule has 0 saturated carbocycles. The van der Waals surface area contributed by atoms with Gasteiger partial charge in [-0.05, 0) is 47.4 Å². The van der Waals surface area contributed by atoms with Crippen LogP contribution in [-0.4, -0.2) is 50.3 Å². The molecule has 31 heavy (non-hydrogen) atoms. The van der Waals surface area contributed by atoms with Crippen molar-refractivity contribution < 1.29 is 22.3 Å². The molecule has 8 heteroatoms. The van der Waals surface area contributed by atoms with Gasteiger partial charge >= 0.3 is 0 Å². The van der Waals surface area contributed by atoms with Crippen molar-refractivity contribution in [2.45, 2.75) is 37.2 Å². The summed E-state index contributed by atoms with van der Waals surface area (Å²) in [5, 5.41) is 0. The molecule has 0 N–H and O–H groups in total. The van der Waals surface area contributed by atoms with Gasteiger partial charge < -0.3 is 9.64 Å². The third-order valence-corrected chi connectivity index (χ3v) is 8.24. The van der Waals surface area contributed by atoms with Crippen molar-refractivity contribution in [2.24, 2.45) is 5.92 Å². The first-order valence-corrected chi connectivity index (χ1v) is 11.8. The lowest BCUT2D eigenvalue weighted by molar-refractivity contribution is -0.135. The standard InChI is InChI=1S/C23H27FN2O4S/c1-16(2)22(27)26-11-10-17-12-21(9-4-18(17)13-26)31(28,29)25(3)23(14-30-15-23)19-5-7-20(24)8-6-19/h4-9,12,16H,10-11,13-15H2,1-3H3. The highest BCUT2D eigenvalue weighted by Gasteiger charge is 2.49. The van der Waals surface area contributed by atoms with Crippen LogP contribution in [0.4, 0.5) is 4.39 Å². The molecule has 1 amide bonds. The average Bonchev–Trinajstić information content (AvgIpc) is 2.72. The molecule has 1 fully saturated rings. The van der Waals surface area contributed by atoms with E-state index in [2.05, 4.69) is 0 Å². The summed E-state index contributed by atoms with van der Waals surface area (Å²) in [7, 11) is -2.27.